The van der Waals surface area contributed by atoms with Crippen LogP contribution in [0.15, 0.2) is 42.5 Å². The molecule has 0 saturated carbocycles. The molecule has 0 bridgehead atoms. The van der Waals surface area contributed by atoms with Crippen LogP contribution < -0.4 is 14.8 Å². The van der Waals surface area contributed by atoms with E-state index in [1.165, 1.54) is 33.1 Å². The third-order valence-electron chi connectivity index (χ3n) is 3.72. The molecular weight excluding hydrogens is 386 g/mol. The van der Waals surface area contributed by atoms with Crippen LogP contribution in [0, 0.1) is 0 Å². The number of carbonyl (C=O) groups is 3. The summed E-state index contributed by atoms with van der Waals surface area (Å²) in [7, 11) is 1.42. The number of ketones is 1. The van der Waals surface area contributed by atoms with Gasteiger partial charge in [-0.1, -0.05) is 23.7 Å². The Morgan fingerprint density at radius 2 is 1.82 bits per heavy atom. The highest BCUT2D eigenvalue weighted by Crippen LogP contribution is 2.28. The molecule has 148 valence electrons. The maximum absolute atomic E-state index is 12.1. The van der Waals surface area contributed by atoms with E-state index in [1.54, 1.807) is 30.3 Å². The van der Waals surface area contributed by atoms with Crippen molar-refractivity contribution in [3.05, 3.63) is 53.1 Å². The summed E-state index contributed by atoms with van der Waals surface area (Å²) in [5.41, 5.74) is 0.875. The van der Waals surface area contributed by atoms with E-state index in [2.05, 4.69) is 5.32 Å². The van der Waals surface area contributed by atoms with Crippen LogP contribution >= 0.6 is 11.6 Å². The standard InChI is InChI=1S/C20H20ClNO6/c1-12(23)14-8-9-17(18(10-14)26-3)27-11-19(24)28-13(2)20(25)22-16-7-5-4-6-15(16)21/h4-10,13H,11H2,1-3H3,(H,22,25)/t13-/m1/s1. The summed E-state index contributed by atoms with van der Waals surface area (Å²) in [6.07, 6.45) is -1.05. The molecule has 7 nitrogen and oxygen atoms in total. The molecule has 0 aliphatic rings. The minimum absolute atomic E-state index is 0.123. The van der Waals surface area contributed by atoms with Crippen LogP contribution in [-0.4, -0.2) is 37.5 Å². The van der Waals surface area contributed by atoms with Gasteiger partial charge in [0.25, 0.3) is 5.91 Å². The molecule has 2 aromatic rings. The second kappa shape index (κ2) is 9.75. The SMILES string of the molecule is COc1cc(C(C)=O)ccc1OCC(=O)O[C@H](C)C(=O)Nc1ccccc1Cl. The Morgan fingerprint density at radius 1 is 1.11 bits per heavy atom. The molecule has 1 atom stereocenters. The van der Waals surface area contributed by atoms with Gasteiger partial charge in [-0.2, -0.15) is 0 Å². The van der Waals surface area contributed by atoms with E-state index in [9.17, 15) is 14.4 Å². The highest BCUT2D eigenvalue weighted by atomic mass is 35.5. The first-order chi connectivity index (χ1) is 13.3. The number of halogens is 1. The van der Waals surface area contributed by atoms with E-state index in [4.69, 9.17) is 25.8 Å². The van der Waals surface area contributed by atoms with Gasteiger partial charge in [-0.3, -0.25) is 9.59 Å². The van der Waals surface area contributed by atoms with Gasteiger partial charge in [-0.05, 0) is 44.2 Å². The number of rotatable bonds is 8. The van der Waals surface area contributed by atoms with E-state index in [0.717, 1.165) is 0 Å². The van der Waals surface area contributed by atoms with Crippen molar-refractivity contribution in [2.75, 3.05) is 19.0 Å². The Morgan fingerprint density at radius 3 is 2.46 bits per heavy atom. The summed E-state index contributed by atoms with van der Waals surface area (Å²) in [5, 5.41) is 2.96. The number of methoxy groups -OCH3 is 1. The molecule has 0 spiro atoms. The number of hydrogen-bond acceptors (Lipinski definition) is 6. The van der Waals surface area contributed by atoms with Crippen LogP contribution in [0.5, 0.6) is 11.5 Å². The van der Waals surface area contributed by atoms with Gasteiger partial charge in [0.1, 0.15) is 0 Å². The van der Waals surface area contributed by atoms with Crippen molar-refractivity contribution in [3.8, 4) is 11.5 Å². The third kappa shape index (κ3) is 5.72. The lowest BCUT2D eigenvalue weighted by Crippen LogP contribution is -2.31. The number of nitrogens with one attached hydrogen (secondary N) is 1. The van der Waals surface area contributed by atoms with Gasteiger partial charge in [-0.15, -0.1) is 0 Å². The van der Waals surface area contributed by atoms with Crippen LogP contribution in [0.25, 0.3) is 0 Å². The third-order valence-corrected chi connectivity index (χ3v) is 4.05. The Balaban J connectivity index is 1.90. The molecule has 2 aromatic carbocycles. The molecular formula is C20H20ClNO6. The van der Waals surface area contributed by atoms with Crippen molar-refractivity contribution in [2.24, 2.45) is 0 Å². The topological polar surface area (TPSA) is 90.9 Å². The second-order valence-electron chi connectivity index (χ2n) is 5.81. The molecule has 0 aliphatic heterocycles. The summed E-state index contributed by atoms with van der Waals surface area (Å²) in [5.74, 6) is -0.797. The van der Waals surface area contributed by atoms with Gasteiger partial charge in [0.05, 0.1) is 17.8 Å². The van der Waals surface area contributed by atoms with Crippen LogP contribution in [0.3, 0.4) is 0 Å². The van der Waals surface area contributed by atoms with Gasteiger partial charge in [0, 0.05) is 5.56 Å². The number of esters is 1. The van der Waals surface area contributed by atoms with Crippen LogP contribution in [0.1, 0.15) is 24.2 Å². The normalized spacial score (nSPS) is 11.3. The number of amides is 1. The number of carbonyl (C=O) groups excluding carboxylic acids is 3. The summed E-state index contributed by atoms with van der Waals surface area (Å²) in [6.45, 7) is 2.44. The smallest absolute Gasteiger partial charge is 0.344 e. The van der Waals surface area contributed by atoms with Gasteiger partial charge in [0.2, 0.25) is 0 Å². The van der Waals surface area contributed by atoms with Crippen molar-refractivity contribution >= 4 is 34.9 Å². The van der Waals surface area contributed by atoms with Gasteiger partial charge in [0.15, 0.2) is 30.0 Å². The lowest BCUT2D eigenvalue weighted by Gasteiger charge is -2.15. The molecule has 1 amide bonds. The lowest BCUT2D eigenvalue weighted by atomic mass is 10.1. The van der Waals surface area contributed by atoms with Gasteiger partial charge >= 0.3 is 5.97 Å². The Labute approximate surface area is 167 Å². The van der Waals surface area contributed by atoms with Crippen molar-refractivity contribution < 1.29 is 28.6 Å². The monoisotopic (exact) mass is 405 g/mol. The number of anilines is 1. The van der Waals surface area contributed by atoms with E-state index >= 15 is 0 Å². The van der Waals surface area contributed by atoms with Gasteiger partial charge in [-0.25, -0.2) is 4.79 Å². The maximum Gasteiger partial charge on any atom is 0.344 e. The maximum atomic E-state index is 12.1. The lowest BCUT2D eigenvalue weighted by molar-refractivity contribution is -0.155. The predicted molar refractivity (Wildman–Crippen MR) is 104 cm³/mol. The van der Waals surface area contributed by atoms with Crippen molar-refractivity contribution in [3.63, 3.8) is 0 Å². The minimum Gasteiger partial charge on any atom is -0.493 e. The predicted octanol–water partition coefficient (Wildman–Crippen LogP) is 3.50. The van der Waals surface area contributed by atoms with Crippen molar-refractivity contribution in [1.29, 1.82) is 0 Å². The Bertz CT molecular complexity index is 883. The molecule has 0 radical (unpaired) electrons. The molecule has 0 heterocycles. The molecule has 0 fully saturated rings. The quantitative estimate of drug-likeness (QED) is 0.534. The fraction of sp³-hybridized carbons (Fsp3) is 0.250. The molecule has 2 rings (SSSR count). The molecule has 8 heteroatoms. The summed E-state index contributed by atoms with van der Waals surface area (Å²) in [6, 6.07) is 11.3. The average molecular weight is 406 g/mol. The zero-order chi connectivity index (χ0) is 20.7. The van der Waals surface area contributed by atoms with E-state index in [-0.39, 0.29) is 11.5 Å². The summed E-state index contributed by atoms with van der Waals surface area (Å²) >= 11 is 5.98. The molecule has 0 unspecified atom stereocenters. The van der Waals surface area contributed by atoms with Crippen LogP contribution in [0.4, 0.5) is 5.69 Å². The number of Topliss-reactive ketones (excluding diaryl/α,β-unsaturated/α-hetero) is 1. The van der Waals surface area contributed by atoms with Gasteiger partial charge < -0.3 is 19.5 Å². The summed E-state index contributed by atoms with van der Waals surface area (Å²) in [4.78, 5) is 35.5. The summed E-state index contributed by atoms with van der Waals surface area (Å²) < 4.78 is 15.6. The number of ether oxygens (including phenoxy) is 3. The molecule has 1 N–H and O–H groups in total. The zero-order valence-corrected chi connectivity index (χ0v) is 16.4. The average Bonchev–Trinajstić information content (AvgIpc) is 2.67. The fourth-order valence-electron chi connectivity index (χ4n) is 2.22. The molecule has 0 aromatic heterocycles. The highest BCUT2D eigenvalue weighted by molar-refractivity contribution is 6.33. The number of hydrogen-bond donors (Lipinski definition) is 1. The number of para-hydroxylation sites is 1. The molecule has 0 saturated heterocycles. The fourth-order valence-corrected chi connectivity index (χ4v) is 2.41. The Kier molecular flexibility index (Phi) is 7.40. The first-order valence-electron chi connectivity index (χ1n) is 8.38. The van der Waals surface area contributed by atoms with Crippen molar-refractivity contribution in [1.82, 2.24) is 0 Å². The highest BCUT2D eigenvalue weighted by Gasteiger charge is 2.19. The van der Waals surface area contributed by atoms with E-state index in [0.29, 0.717) is 22.0 Å². The van der Waals surface area contributed by atoms with Crippen LogP contribution in [0.2, 0.25) is 5.02 Å². The first kappa shape index (κ1) is 21.2. The second-order valence-corrected chi connectivity index (χ2v) is 6.22. The minimum atomic E-state index is -1.05. The largest absolute Gasteiger partial charge is 0.493 e. The first-order valence-corrected chi connectivity index (χ1v) is 8.76. The number of benzene rings is 2. The van der Waals surface area contributed by atoms with Crippen LogP contribution in [-0.2, 0) is 14.3 Å². The molecule has 0 aliphatic carbocycles. The molecule has 28 heavy (non-hydrogen) atoms. The Hall–Kier alpha value is -3.06. The van der Waals surface area contributed by atoms with E-state index in [1.807, 2.05) is 0 Å². The van der Waals surface area contributed by atoms with E-state index < -0.39 is 24.6 Å². The zero-order valence-electron chi connectivity index (χ0n) is 15.7. The van der Waals surface area contributed by atoms with Crippen molar-refractivity contribution in [2.45, 2.75) is 20.0 Å².